The Labute approximate surface area is 218 Å². The van der Waals surface area contributed by atoms with Crippen LogP contribution in [0.4, 0.5) is 4.39 Å². The second-order valence-corrected chi connectivity index (χ2v) is 9.61. The van der Waals surface area contributed by atoms with Gasteiger partial charge in [0.2, 0.25) is 11.7 Å². The quantitative estimate of drug-likeness (QED) is 0.436. The molecule has 1 aliphatic rings. The van der Waals surface area contributed by atoms with Crippen molar-refractivity contribution in [2.75, 3.05) is 13.7 Å². The Morgan fingerprint density at radius 2 is 1.97 bits per heavy atom. The SMILES string of the molecule is COCC(=O)NC1CCC(Cn2nnc(-c3cc(C)nc(C(=O)NCc4ccc(F)c(Cl)c4)c3)n2)CC1. The lowest BCUT2D eigenvalue weighted by Crippen LogP contribution is -2.39. The molecule has 0 unspecified atom stereocenters. The maximum Gasteiger partial charge on any atom is 0.270 e. The van der Waals surface area contributed by atoms with Crippen LogP contribution in [0, 0.1) is 18.7 Å². The Morgan fingerprint density at radius 1 is 1.19 bits per heavy atom. The van der Waals surface area contributed by atoms with Gasteiger partial charge in [0.15, 0.2) is 0 Å². The smallest absolute Gasteiger partial charge is 0.270 e. The number of halogens is 2. The van der Waals surface area contributed by atoms with E-state index in [0.29, 0.717) is 35.1 Å². The van der Waals surface area contributed by atoms with Gasteiger partial charge in [-0.25, -0.2) is 9.37 Å². The minimum absolute atomic E-state index is 0.00114. The van der Waals surface area contributed by atoms with E-state index in [1.807, 2.05) is 0 Å². The first-order valence-corrected chi connectivity index (χ1v) is 12.5. The number of nitrogens with one attached hydrogen (secondary N) is 2. The number of benzene rings is 1. The van der Waals surface area contributed by atoms with Gasteiger partial charge >= 0.3 is 0 Å². The standard InChI is InChI=1S/C25H29ClFN7O3/c1-15-9-18(11-22(29-15)25(36)28-12-17-5-8-21(27)20(26)10-17)24-31-33-34(32-24)13-16-3-6-19(7-4-16)30-23(35)14-37-2/h5,8-11,16,19H,3-4,6-7,12-14H2,1-2H3,(H,28,36)(H,30,35). The van der Waals surface area contributed by atoms with Crippen molar-refractivity contribution in [3.05, 3.63) is 58.1 Å². The van der Waals surface area contributed by atoms with Crippen molar-refractivity contribution in [1.82, 2.24) is 35.8 Å². The third kappa shape index (κ3) is 7.30. The lowest BCUT2D eigenvalue weighted by atomic mass is 9.86. The van der Waals surface area contributed by atoms with Gasteiger partial charge in [0, 0.05) is 31.0 Å². The first kappa shape index (κ1) is 26.6. The van der Waals surface area contributed by atoms with E-state index in [-0.39, 0.29) is 41.7 Å². The monoisotopic (exact) mass is 529 g/mol. The minimum Gasteiger partial charge on any atom is -0.375 e. The number of methoxy groups -OCH3 is 1. The van der Waals surface area contributed by atoms with Crippen molar-refractivity contribution in [1.29, 1.82) is 0 Å². The normalized spacial score (nSPS) is 17.4. The fraction of sp³-hybridized carbons (Fsp3) is 0.440. The molecule has 37 heavy (non-hydrogen) atoms. The van der Waals surface area contributed by atoms with Gasteiger partial charge in [-0.2, -0.15) is 4.80 Å². The summed E-state index contributed by atoms with van der Waals surface area (Å²) < 4.78 is 18.2. The van der Waals surface area contributed by atoms with Gasteiger partial charge in [-0.15, -0.1) is 10.2 Å². The summed E-state index contributed by atoms with van der Waals surface area (Å²) >= 11 is 5.81. The van der Waals surface area contributed by atoms with Crippen LogP contribution in [0.15, 0.2) is 30.3 Å². The summed E-state index contributed by atoms with van der Waals surface area (Å²) in [7, 11) is 1.51. The zero-order chi connectivity index (χ0) is 26.4. The van der Waals surface area contributed by atoms with E-state index in [1.165, 1.54) is 19.2 Å². The maximum atomic E-state index is 13.4. The van der Waals surface area contributed by atoms with E-state index in [2.05, 4.69) is 31.0 Å². The van der Waals surface area contributed by atoms with Gasteiger partial charge < -0.3 is 15.4 Å². The minimum atomic E-state index is -0.513. The largest absolute Gasteiger partial charge is 0.375 e. The number of aromatic nitrogens is 5. The van der Waals surface area contributed by atoms with Crippen LogP contribution in [0.2, 0.25) is 5.02 Å². The first-order valence-electron chi connectivity index (χ1n) is 12.1. The number of ether oxygens (including phenoxy) is 1. The predicted molar refractivity (Wildman–Crippen MR) is 134 cm³/mol. The zero-order valence-corrected chi connectivity index (χ0v) is 21.5. The molecule has 0 atom stereocenters. The van der Waals surface area contributed by atoms with Gasteiger partial charge in [0.25, 0.3) is 5.91 Å². The molecule has 2 N–H and O–H groups in total. The molecule has 4 rings (SSSR count). The fourth-order valence-electron chi connectivity index (χ4n) is 4.39. The van der Waals surface area contributed by atoms with Crippen molar-refractivity contribution in [2.24, 2.45) is 5.92 Å². The van der Waals surface area contributed by atoms with Crippen LogP contribution in [0.3, 0.4) is 0 Å². The van der Waals surface area contributed by atoms with Crippen LogP contribution < -0.4 is 10.6 Å². The van der Waals surface area contributed by atoms with Crippen LogP contribution in [0.25, 0.3) is 11.4 Å². The average molecular weight is 530 g/mol. The second kappa shape index (κ2) is 12.2. The Bertz CT molecular complexity index is 1260. The average Bonchev–Trinajstić information content (AvgIpc) is 3.34. The van der Waals surface area contributed by atoms with Gasteiger partial charge in [-0.05, 0) is 73.6 Å². The van der Waals surface area contributed by atoms with Crippen LogP contribution in [-0.2, 0) is 22.6 Å². The molecule has 0 aliphatic heterocycles. The molecule has 2 amide bonds. The van der Waals surface area contributed by atoms with E-state index in [4.69, 9.17) is 16.3 Å². The molecule has 1 saturated carbocycles. The topological polar surface area (TPSA) is 124 Å². The molecule has 12 heteroatoms. The highest BCUT2D eigenvalue weighted by atomic mass is 35.5. The van der Waals surface area contributed by atoms with Gasteiger partial charge in [-0.1, -0.05) is 17.7 Å². The van der Waals surface area contributed by atoms with Crippen molar-refractivity contribution in [3.63, 3.8) is 0 Å². The number of hydrogen-bond donors (Lipinski definition) is 2. The summed E-state index contributed by atoms with van der Waals surface area (Å²) in [6.45, 7) is 2.67. The summed E-state index contributed by atoms with van der Waals surface area (Å²) in [6.07, 6.45) is 3.70. The molecule has 0 bridgehead atoms. The summed E-state index contributed by atoms with van der Waals surface area (Å²) in [4.78, 5) is 30.4. The van der Waals surface area contributed by atoms with E-state index in [1.54, 1.807) is 29.9 Å². The predicted octanol–water partition coefficient (Wildman–Crippen LogP) is 3.09. The van der Waals surface area contributed by atoms with Crippen molar-refractivity contribution < 1.29 is 18.7 Å². The second-order valence-electron chi connectivity index (χ2n) is 9.20. The maximum absolute atomic E-state index is 13.4. The number of carbonyl (C=O) groups is 2. The molecular weight excluding hydrogens is 501 g/mol. The van der Waals surface area contributed by atoms with Crippen molar-refractivity contribution >= 4 is 23.4 Å². The van der Waals surface area contributed by atoms with Crippen LogP contribution in [0.1, 0.15) is 47.4 Å². The highest BCUT2D eigenvalue weighted by molar-refractivity contribution is 6.30. The lowest BCUT2D eigenvalue weighted by molar-refractivity contribution is -0.125. The molecule has 196 valence electrons. The molecule has 2 aromatic heterocycles. The molecule has 1 aromatic carbocycles. The first-order chi connectivity index (χ1) is 17.8. The number of tetrazole rings is 1. The molecule has 1 aliphatic carbocycles. The summed E-state index contributed by atoms with van der Waals surface area (Å²) in [5.41, 5.74) is 2.16. The molecule has 10 nitrogen and oxygen atoms in total. The molecule has 0 spiro atoms. The third-order valence-electron chi connectivity index (χ3n) is 6.24. The Kier molecular flexibility index (Phi) is 8.78. The van der Waals surface area contributed by atoms with Gasteiger partial charge in [0.05, 0.1) is 11.6 Å². The van der Waals surface area contributed by atoms with E-state index in [9.17, 15) is 14.0 Å². The highest BCUT2D eigenvalue weighted by Gasteiger charge is 2.23. The molecule has 0 saturated heterocycles. The fourth-order valence-corrected chi connectivity index (χ4v) is 4.60. The third-order valence-corrected chi connectivity index (χ3v) is 6.53. The van der Waals surface area contributed by atoms with Crippen LogP contribution in [0.5, 0.6) is 0 Å². The number of rotatable bonds is 9. The Hall–Kier alpha value is -3.44. The van der Waals surface area contributed by atoms with E-state index < -0.39 is 5.82 Å². The summed E-state index contributed by atoms with van der Waals surface area (Å²) in [5, 5.41) is 18.7. The van der Waals surface area contributed by atoms with E-state index >= 15 is 0 Å². The number of pyridine rings is 1. The number of aryl methyl sites for hydroxylation is 1. The van der Waals surface area contributed by atoms with Gasteiger partial charge in [0.1, 0.15) is 18.1 Å². The van der Waals surface area contributed by atoms with Crippen molar-refractivity contribution in [3.8, 4) is 11.4 Å². The Balaban J connectivity index is 1.34. The van der Waals surface area contributed by atoms with Crippen LogP contribution >= 0.6 is 11.6 Å². The molecule has 0 radical (unpaired) electrons. The molecular formula is C25H29ClFN7O3. The number of hydrogen-bond acceptors (Lipinski definition) is 7. The summed E-state index contributed by atoms with van der Waals surface area (Å²) in [5.74, 6) is -0.189. The molecule has 2 heterocycles. The number of amides is 2. The zero-order valence-electron chi connectivity index (χ0n) is 20.7. The van der Waals surface area contributed by atoms with Crippen molar-refractivity contribution in [2.45, 2.75) is 51.7 Å². The lowest BCUT2D eigenvalue weighted by Gasteiger charge is -2.28. The number of nitrogens with zero attached hydrogens (tertiary/aromatic N) is 5. The van der Waals surface area contributed by atoms with Crippen LogP contribution in [-0.4, -0.2) is 56.8 Å². The summed E-state index contributed by atoms with van der Waals surface area (Å²) in [6, 6.07) is 7.87. The molecule has 1 fully saturated rings. The molecule has 3 aromatic rings. The number of carbonyl (C=O) groups excluding carboxylic acids is 2. The van der Waals surface area contributed by atoms with E-state index in [0.717, 1.165) is 25.7 Å². The Morgan fingerprint density at radius 3 is 2.70 bits per heavy atom. The highest BCUT2D eigenvalue weighted by Crippen LogP contribution is 2.26. The van der Waals surface area contributed by atoms with Gasteiger partial charge in [-0.3, -0.25) is 9.59 Å².